The van der Waals surface area contributed by atoms with Crippen molar-refractivity contribution in [3.05, 3.63) is 29.8 Å². The van der Waals surface area contributed by atoms with Gasteiger partial charge in [0.2, 0.25) is 5.16 Å². The molecular formula is C14H18N4OS. The molecule has 20 heavy (non-hydrogen) atoms. The lowest BCUT2D eigenvalue weighted by molar-refractivity contribution is 0.196. The van der Waals surface area contributed by atoms with Gasteiger partial charge in [0.15, 0.2) is 0 Å². The second kappa shape index (κ2) is 5.93. The van der Waals surface area contributed by atoms with E-state index in [1.54, 1.807) is 6.92 Å². The molecule has 0 bridgehead atoms. The summed E-state index contributed by atoms with van der Waals surface area (Å²) in [6, 6.07) is 8.27. The van der Waals surface area contributed by atoms with Crippen LogP contribution in [0.1, 0.15) is 50.3 Å². The van der Waals surface area contributed by atoms with Gasteiger partial charge < -0.3 is 5.11 Å². The molecular weight excluding hydrogens is 272 g/mol. The average molecular weight is 290 g/mol. The van der Waals surface area contributed by atoms with E-state index in [1.165, 1.54) is 24.6 Å². The number of benzene rings is 1. The van der Waals surface area contributed by atoms with Gasteiger partial charge >= 0.3 is 0 Å². The Labute approximate surface area is 122 Å². The zero-order chi connectivity index (χ0) is 13.9. The number of aromatic nitrogens is 4. The Kier molecular flexibility index (Phi) is 4.03. The lowest BCUT2D eigenvalue weighted by atomic mass is 10.1. The van der Waals surface area contributed by atoms with Crippen molar-refractivity contribution >= 4 is 11.8 Å². The van der Waals surface area contributed by atoms with E-state index < -0.39 is 6.10 Å². The maximum absolute atomic E-state index is 9.84. The first-order valence-electron chi connectivity index (χ1n) is 6.98. The van der Waals surface area contributed by atoms with Crippen molar-refractivity contribution in [3.63, 3.8) is 0 Å². The number of tetrazole rings is 1. The molecule has 1 unspecified atom stereocenters. The topological polar surface area (TPSA) is 63.8 Å². The van der Waals surface area contributed by atoms with E-state index in [0.717, 1.165) is 28.5 Å². The fourth-order valence-electron chi connectivity index (χ4n) is 2.65. The smallest absolute Gasteiger partial charge is 0.214 e. The van der Waals surface area contributed by atoms with Crippen LogP contribution in [0.5, 0.6) is 0 Å². The van der Waals surface area contributed by atoms with Gasteiger partial charge in [0.25, 0.3) is 0 Å². The summed E-state index contributed by atoms with van der Waals surface area (Å²) in [5, 5.41) is 22.8. The van der Waals surface area contributed by atoms with E-state index >= 15 is 0 Å². The van der Waals surface area contributed by atoms with Crippen molar-refractivity contribution in [2.45, 2.75) is 54.8 Å². The quantitative estimate of drug-likeness (QED) is 0.937. The van der Waals surface area contributed by atoms with Crippen LogP contribution in [0.15, 0.2) is 34.3 Å². The zero-order valence-corrected chi connectivity index (χ0v) is 12.3. The van der Waals surface area contributed by atoms with Crippen LogP contribution in [0.3, 0.4) is 0 Å². The first-order valence-corrected chi connectivity index (χ1v) is 7.80. The summed E-state index contributed by atoms with van der Waals surface area (Å²) in [6.45, 7) is 1.78. The van der Waals surface area contributed by atoms with Crippen LogP contribution >= 0.6 is 11.8 Å². The Morgan fingerprint density at radius 3 is 2.80 bits per heavy atom. The fourth-order valence-corrected chi connectivity index (χ4v) is 3.70. The van der Waals surface area contributed by atoms with Crippen LogP contribution in [-0.2, 0) is 0 Å². The van der Waals surface area contributed by atoms with Gasteiger partial charge in [-0.1, -0.05) is 31.0 Å². The fraction of sp³-hybridized carbons (Fsp3) is 0.500. The van der Waals surface area contributed by atoms with Crippen LogP contribution in [0.2, 0.25) is 0 Å². The lowest BCUT2D eigenvalue weighted by Crippen LogP contribution is -2.08. The first-order chi connectivity index (χ1) is 9.75. The summed E-state index contributed by atoms with van der Waals surface area (Å²) < 4.78 is 1.94. The van der Waals surface area contributed by atoms with Gasteiger partial charge in [-0.2, -0.15) is 0 Å². The summed E-state index contributed by atoms with van der Waals surface area (Å²) in [5.41, 5.74) is 0.915. The summed E-state index contributed by atoms with van der Waals surface area (Å²) in [7, 11) is 0. The molecule has 1 aromatic heterocycles. The highest BCUT2D eigenvalue weighted by molar-refractivity contribution is 7.99. The number of hydrogen-bond acceptors (Lipinski definition) is 5. The molecule has 1 aliphatic carbocycles. The minimum Gasteiger partial charge on any atom is -0.389 e. The number of aliphatic hydroxyl groups excluding tert-OH is 1. The van der Waals surface area contributed by atoms with E-state index in [-0.39, 0.29) is 0 Å². The molecule has 0 spiro atoms. The third kappa shape index (κ3) is 2.71. The molecule has 0 aliphatic heterocycles. The predicted molar refractivity (Wildman–Crippen MR) is 76.5 cm³/mol. The number of nitrogens with zero attached hydrogens (tertiary/aromatic N) is 4. The van der Waals surface area contributed by atoms with E-state index in [2.05, 4.69) is 15.5 Å². The molecule has 106 valence electrons. The maximum Gasteiger partial charge on any atom is 0.214 e. The first kappa shape index (κ1) is 13.6. The minimum absolute atomic E-state index is 0.422. The van der Waals surface area contributed by atoms with Gasteiger partial charge in [0, 0.05) is 4.90 Å². The van der Waals surface area contributed by atoms with Gasteiger partial charge in [0.1, 0.15) is 0 Å². The van der Waals surface area contributed by atoms with Crippen molar-refractivity contribution in [1.82, 2.24) is 20.2 Å². The maximum atomic E-state index is 9.84. The van der Waals surface area contributed by atoms with Crippen molar-refractivity contribution in [1.29, 1.82) is 0 Å². The Morgan fingerprint density at radius 2 is 2.05 bits per heavy atom. The molecule has 0 radical (unpaired) electrons. The highest BCUT2D eigenvalue weighted by Crippen LogP contribution is 2.36. The van der Waals surface area contributed by atoms with E-state index in [1.807, 2.05) is 28.9 Å². The average Bonchev–Trinajstić information content (AvgIpc) is 3.09. The molecule has 0 saturated heterocycles. The monoisotopic (exact) mass is 290 g/mol. The Hall–Kier alpha value is -1.40. The number of rotatable bonds is 4. The van der Waals surface area contributed by atoms with Crippen LogP contribution in [0.25, 0.3) is 0 Å². The van der Waals surface area contributed by atoms with Crippen LogP contribution in [0, 0.1) is 0 Å². The third-order valence-corrected chi connectivity index (χ3v) is 4.75. The molecule has 0 amide bonds. The molecule has 1 fully saturated rings. The normalized spacial score (nSPS) is 17.5. The van der Waals surface area contributed by atoms with Gasteiger partial charge in [-0.05, 0) is 53.6 Å². The molecule has 5 nitrogen and oxygen atoms in total. The largest absolute Gasteiger partial charge is 0.389 e. The summed E-state index contributed by atoms with van der Waals surface area (Å²) in [4.78, 5) is 1.01. The van der Waals surface area contributed by atoms with Crippen molar-refractivity contribution in [3.8, 4) is 0 Å². The van der Waals surface area contributed by atoms with Crippen molar-refractivity contribution in [2.75, 3.05) is 0 Å². The van der Waals surface area contributed by atoms with Gasteiger partial charge in [-0.15, -0.1) is 5.10 Å². The Balaban J connectivity index is 1.87. The predicted octanol–water partition coefficient (Wildman–Crippen LogP) is 2.99. The number of hydrogen-bond donors (Lipinski definition) is 1. The van der Waals surface area contributed by atoms with Crippen LogP contribution in [0.4, 0.5) is 0 Å². The van der Waals surface area contributed by atoms with Crippen molar-refractivity contribution < 1.29 is 5.11 Å². The van der Waals surface area contributed by atoms with E-state index in [9.17, 15) is 5.11 Å². The summed E-state index contributed by atoms with van der Waals surface area (Å²) in [6.07, 6.45) is 4.31. The molecule has 1 atom stereocenters. The second-order valence-corrected chi connectivity index (χ2v) is 6.17. The highest BCUT2D eigenvalue weighted by atomic mass is 32.2. The molecule has 1 heterocycles. The number of aliphatic hydroxyl groups is 1. The van der Waals surface area contributed by atoms with Crippen LogP contribution in [-0.4, -0.2) is 25.3 Å². The van der Waals surface area contributed by atoms with Crippen molar-refractivity contribution in [2.24, 2.45) is 0 Å². The van der Waals surface area contributed by atoms with E-state index in [4.69, 9.17) is 0 Å². The molecule has 1 aromatic carbocycles. The molecule has 6 heteroatoms. The Morgan fingerprint density at radius 1 is 1.30 bits per heavy atom. The van der Waals surface area contributed by atoms with Crippen LogP contribution < -0.4 is 0 Å². The van der Waals surface area contributed by atoms with E-state index in [0.29, 0.717) is 6.04 Å². The molecule has 1 aliphatic rings. The molecule has 1 N–H and O–H groups in total. The summed E-state index contributed by atoms with van der Waals surface area (Å²) >= 11 is 1.53. The second-order valence-electron chi connectivity index (χ2n) is 5.16. The van der Waals surface area contributed by atoms with Gasteiger partial charge in [0.05, 0.1) is 12.1 Å². The third-order valence-electron chi connectivity index (χ3n) is 3.70. The Bertz CT molecular complexity index is 578. The zero-order valence-electron chi connectivity index (χ0n) is 11.4. The molecule has 2 aromatic rings. The standard InChI is InChI=1S/C14H18N4OS/c1-10(19)12-8-4-5-9-13(12)20-14-15-16-17-18(14)11-6-2-3-7-11/h4-5,8-11,19H,2-3,6-7H2,1H3. The minimum atomic E-state index is -0.491. The molecule has 1 saturated carbocycles. The summed E-state index contributed by atoms with van der Waals surface area (Å²) in [5.74, 6) is 0. The SMILES string of the molecule is CC(O)c1ccccc1Sc1nnnn1C1CCCC1. The lowest BCUT2D eigenvalue weighted by Gasteiger charge is -2.13. The van der Waals surface area contributed by atoms with Gasteiger partial charge in [-0.25, -0.2) is 4.68 Å². The highest BCUT2D eigenvalue weighted by Gasteiger charge is 2.22. The van der Waals surface area contributed by atoms with Gasteiger partial charge in [-0.3, -0.25) is 0 Å². The molecule has 3 rings (SSSR count).